The Balaban J connectivity index is 1.11. The van der Waals surface area contributed by atoms with Crippen LogP contribution in [0.15, 0.2) is 119 Å². The first-order valence-electron chi connectivity index (χ1n) is 17.3. The third kappa shape index (κ3) is 4.70. The van der Waals surface area contributed by atoms with Gasteiger partial charge in [0.05, 0.1) is 0 Å². The number of nitrogens with zero attached hydrogens (tertiary/aromatic N) is 3. The van der Waals surface area contributed by atoms with Crippen molar-refractivity contribution in [2.75, 3.05) is 0 Å². The topological polar surface area (TPSA) is 51.8 Å². The number of thioether (sulfide) groups is 1. The van der Waals surface area contributed by atoms with Crippen molar-refractivity contribution in [1.82, 2.24) is 15.0 Å². The fraction of sp³-hybridized carbons (Fsp3) is 0.233. The summed E-state index contributed by atoms with van der Waals surface area (Å²) >= 11 is 1.95. The normalized spacial score (nSPS) is 25.2. The highest BCUT2D eigenvalue weighted by Gasteiger charge is 2.39. The molecule has 1 saturated carbocycles. The number of aromatic nitrogens is 3. The molecule has 0 radical (unpaired) electrons. The van der Waals surface area contributed by atoms with Crippen molar-refractivity contribution in [2.45, 2.75) is 54.1 Å². The summed E-state index contributed by atoms with van der Waals surface area (Å²) in [7, 11) is 0. The van der Waals surface area contributed by atoms with Crippen LogP contribution in [0.1, 0.15) is 66.7 Å². The van der Waals surface area contributed by atoms with E-state index in [2.05, 4.69) is 121 Å². The Morgan fingerprint density at radius 2 is 1.62 bits per heavy atom. The largest absolute Gasteiger partial charge is 0.456 e. The maximum absolute atomic E-state index is 6.33. The molecule has 4 aliphatic carbocycles. The molecule has 5 aliphatic rings. The first-order chi connectivity index (χ1) is 23.8. The summed E-state index contributed by atoms with van der Waals surface area (Å²) in [5.41, 5.74) is 8.22. The molecule has 5 unspecified atom stereocenters. The van der Waals surface area contributed by atoms with Crippen LogP contribution < -0.4 is 10.6 Å². The van der Waals surface area contributed by atoms with Crippen LogP contribution in [-0.2, 0) is 0 Å². The van der Waals surface area contributed by atoms with E-state index in [0.717, 1.165) is 66.1 Å². The zero-order valence-electron chi connectivity index (χ0n) is 26.6. The van der Waals surface area contributed by atoms with Gasteiger partial charge in [-0.05, 0) is 72.4 Å². The highest BCUT2D eigenvalue weighted by atomic mass is 32.2. The van der Waals surface area contributed by atoms with E-state index in [1.165, 1.54) is 37.8 Å². The van der Waals surface area contributed by atoms with Gasteiger partial charge in [-0.15, -0.1) is 11.8 Å². The first-order valence-corrected chi connectivity index (χ1v) is 18.2. The molecule has 10 rings (SSSR count). The standard InChI is InChI=1S/C43H35N3OS/c1-2-10-26(11-3-1)27-20-22-28(23-21-27)41-44-42(46-43(45-41)33-16-9-19-39-40(33)32-14-5-7-18-38(32)48-39)31-15-8-12-29-24-37-35(25-34(29)31)30-13-4-6-17-36(30)47-37/h1-2,4-7,9-10,13-14,16-25,29,31,34,39-40H,3,8,11-12,15H2. The van der Waals surface area contributed by atoms with Crippen LogP contribution in [0, 0.1) is 11.8 Å². The van der Waals surface area contributed by atoms with Crippen molar-refractivity contribution < 1.29 is 4.42 Å². The van der Waals surface area contributed by atoms with Gasteiger partial charge in [-0.2, -0.15) is 0 Å². The van der Waals surface area contributed by atoms with Crippen LogP contribution in [0.2, 0.25) is 0 Å². The van der Waals surface area contributed by atoms with Gasteiger partial charge >= 0.3 is 0 Å². The average molecular weight is 642 g/mol. The Kier molecular flexibility index (Phi) is 6.75. The van der Waals surface area contributed by atoms with E-state index in [4.69, 9.17) is 19.4 Å². The van der Waals surface area contributed by atoms with Gasteiger partial charge in [0.1, 0.15) is 16.8 Å². The van der Waals surface area contributed by atoms with Gasteiger partial charge in [0.25, 0.3) is 0 Å². The van der Waals surface area contributed by atoms with E-state index in [0.29, 0.717) is 17.1 Å². The van der Waals surface area contributed by atoms with Gasteiger partial charge in [-0.3, -0.25) is 0 Å². The molecule has 0 amide bonds. The monoisotopic (exact) mass is 641 g/mol. The highest BCUT2D eigenvalue weighted by Crippen LogP contribution is 2.53. The molecule has 2 aromatic heterocycles. The zero-order chi connectivity index (χ0) is 31.6. The number of fused-ring (bicyclic) bond motifs is 7. The number of hydrogen-bond acceptors (Lipinski definition) is 5. The lowest BCUT2D eigenvalue weighted by atomic mass is 9.70. The predicted octanol–water partition coefficient (Wildman–Crippen LogP) is 9.00. The summed E-state index contributed by atoms with van der Waals surface area (Å²) in [6.45, 7) is 0. The molecule has 3 heterocycles. The molecule has 3 aromatic carbocycles. The minimum atomic E-state index is 0.196. The number of hydrogen-bond donors (Lipinski definition) is 0. The third-order valence-electron chi connectivity index (χ3n) is 10.9. The highest BCUT2D eigenvalue weighted by molar-refractivity contribution is 8.00. The smallest absolute Gasteiger partial charge is 0.163 e. The third-order valence-corrected chi connectivity index (χ3v) is 12.3. The van der Waals surface area contributed by atoms with E-state index >= 15 is 0 Å². The van der Waals surface area contributed by atoms with Gasteiger partial charge in [0.15, 0.2) is 11.6 Å². The van der Waals surface area contributed by atoms with Gasteiger partial charge in [-0.25, -0.2) is 15.0 Å². The van der Waals surface area contributed by atoms with Gasteiger partial charge in [0, 0.05) is 43.7 Å². The number of rotatable bonds is 4. The Labute approximate surface area is 284 Å². The predicted molar refractivity (Wildman–Crippen MR) is 196 cm³/mol. The lowest BCUT2D eigenvalue weighted by Crippen LogP contribution is -2.36. The summed E-state index contributed by atoms with van der Waals surface area (Å²) in [5, 5.41) is 2.75. The average Bonchev–Trinajstić information content (AvgIpc) is 3.72. The van der Waals surface area contributed by atoms with Crippen molar-refractivity contribution in [3.8, 4) is 11.4 Å². The van der Waals surface area contributed by atoms with E-state index in [1.807, 2.05) is 11.8 Å². The summed E-state index contributed by atoms with van der Waals surface area (Å²) < 4.78 is 6.33. The fourth-order valence-electron chi connectivity index (χ4n) is 8.57. The number of para-hydroxylation sites is 1. The molecule has 1 fully saturated rings. The van der Waals surface area contributed by atoms with Gasteiger partial charge in [-0.1, -0.05) is 110 Å². The van der Waals surface area contributed by atoms with Gasteiger partial charge < -0.3 is 4.42 Å². The molecular formula is C43H35N3OS. The van der Waals surface area contributed by atoms with Crippen LogP contribution in [0.5, 0.6) is 0 Å². The van der Waals surface area contributed by atoms with Crippen molar-refractivity contribution in [2.24, 2.45) is 11.8 Å². The Morgan fingerprint density at radius 3 is 2.54 bits per heavy atom. The Hall–Kier alpha value is -4.74. The fourth-order valence-corrected chi connectivity index (χ4v) is 9.95. The molecule has 5 aromatic rings. The Bertz CT molecular complexity index is 2340. The van der Waals surface area contributed by atoms with Crippen molar-refractivity contribution in [1.29, 1.82) is 0 Å². The van der Waals surface area contributed by atoms with Crippen LogP contribution >= 0.6 is 11.8 Å². The van der Waals surface area contributed by atoms with Crippen molar-refractivity contribution >= 4 is 46.0 Å². The minimum Gasteiger partial charge on any atom is -0.456 e. The number of furan rings is 1. The minimum absolute atomic E-state index is 0.196. The quantitative estimate of drug-likeness (QED) is 0.196. The van der Waals surface area contributed by atoms with E-state index in [-0.39, 0.29) is 11.8 Å². The lowest BCUT2D eigenvalue weighted by molar-refractivity contribution is 0.306. The summed E-state index contributed by atoms with van der Waals surface area (Å²) in [6.07, 6.45) is 23.8. The van der Waals surface area contributed by atoms with Gasteiger partial charge in [0.2, 0.25) is 0 Å². The molecule has 0 N–H and O–H groups in total. The second-order valence-corrected chi connectivity index (χ2v) is 14.9. The first kappa shape index (κ1) is 28.3. The second-order valence-electron chi connectivity index (χ2n) is 13.7. The van der Waals surface area contributed by atoms with E-state index < -0.39 is 0 Å². The molecule has 4 nitrogen and oxygen atoms in total. The molecule has 0 bridgehead atoms. The van der Waals surface area contributed by atoms with Crippen LogP contribution in [0.25, 0.3) is 45.7 Å². The Morgan fingerprint density at radius 1 is 0.771 bits per heavy atom. The second kappa shape index (κ2) is 11.5. The lowest BCUT2D eigenvalue weighted by Gasteiger charge is -2.35. The molecule has 5 heteroatoms. The molecule has 48 heavy (non-hydrogen) atoms. The zero-order valence-corrected chi connectivity index (χ0v) is 27.4. The summed E-state index contributed by atoms with van der Waals surface area (Å²) in [5.74, 6) is 3.62. The SMILES string of the molecule is C1=CCCC(c2ccc(-c3nc(C4=CC=CC5Sc6ccccc6C45)nc(C4CCCC5C=c6oc7ccccc7c6=CC54)n3)cc2)=C1. The maximum Gasteiger partial charge on any atom is 0.163 e. The number of allylic oxidation sites excluding steroid dienone is 7. The van der Waals surface area contributed by atoms with Crippen molar-refractivity contribution in [3.05, 3.63) is 143 Å². The van der Waals surface area contributed by atoms with Crippen LogP contribution in [0.3, 0.4) is 0 Å². The summed E-state index contributed by atoms with van der Waals surface area (Å²) in [4.78, 5) is 17.4. The van der Waals surface area contributed by atoms with Crippen LogP contribution in [0.4, 0.5) is 0 Å². The van der Waals surface area contributed by atoms with Crippen LogP contribution in [-0.4, -0.2) is 20.2 Å². The maximum atomic E-state index is 6.33. The van der Waals surface area contributed by atoms with Crippen molar-refractivity contribution in [3.63, 3.8) is 0 Å². The summed E-state index contributed by atoms with van der Waals surface area (Å²) in [6, 6.07) is 26.1. The molecule has 5 atom stereocenters. The molecule has 0 spiro atoms. The molecular weight excluding hydrogens is 607 g/mol. The number of benzene rings is 3. The van der Waals surface area contributed by atoms with E-state index in [1.54, 1.807) is 0 Å². The van der Waals surface area contributed by atoms with E-state index in [9.17, 15) is 0 Å². The molecule has 234 valence electrons. The molecule has 0 saturated heterocycles. The molecule has 1 aliphatic heterocycles.